The standard InChI is InChI=1S/C18H25N3O4/c1-3-25-18(24)21-10-8-20(9-11-21)17(23)12-16(22)19-13-15-7-5-4-6-14(15)2/h4-7H,3,8-13H2,1-2H3,(H,19,22). The quantitative estimate of drug-likeness (QED) is 0.815. The first-order valence-corrected chi connectivity index (χ1v) is 8.52. The Bertz CT molecular complexity index is 625. The van der Waals surface area contributed by atoms with Crippen LogP contribution in [0.3, 0.4) is 0 Å². The van der Waals surface area contributed by atoms with Gasteiger partial charge in [0.15, 0.2) is 0 Å². The van der Waals surface area contributed by atoms with Crippen LogP contribution in [0.5, 0.6) is 0 Å². The first kappa shape index (κ1) is 18.8. The molecule has 3 amide bonds. The van der Waals surface area contributed by atoms with Gasteiger partial charge in [-0.3, -0.25) is 9.59 Å². The molecule has 0 aliphatic carbocycles. The van der Waals surface area contributed by atoms with Crippen molar-refractivity contribution in [1.29, 1.82) is 0 Å². The summed E-state index contributed by atoms with van der Waals surface area (Å²) in [6.07, 6.45) is -0.531. The zero-order chi connectivity index (χ0) is 18.2. The van der Waals surface area contributed by atoms with Crippen molar-refractivity contribution in [2.24, 2.45) is 0 Å². The summed E-state index contributed by atoms with van der Waals surface area (Å²) in [6.45, 7) is 6.17. The predicted molar refractivity (Wildman–Crippen MR) is 92.8 cm³/mol. The van der Waals surface area contributed by atoms with Crippen LogP contribution in [0.4, 0.5) is 4.79 Å². The van der Waals surface area contributed by atoms with Gasteiger partial charge < -0.3 is 19.9 Å². The number of nitrogens with zero attached hydrogens (tertiary/aromatic N) is 2. The number of carbonyl (C=O) groups is 3. The maximum absolute atomic E-state index is 12.2. The molecule has 136 valence electrons. The number of piperazine rings is 1. The van der Waals surface area contributed by atoms with Crippen LogP contribution in [0.25, 0.3) is 0 Å². The van der Waals surface area contributed by atoms with Crippen molar-refractivity contribution in [3.8, 4) is 0 Å². The van der Waals surface area contributed by atoms with Gasteiger partial charge in [-0.1, -0.05) is 24.3 Å². The number of benzene rings is 1. The number of carbonyl (C=O) groups excluding carboxylic acids is 3. The third kappa shape index (κ3) is 5.48. The van der Waals surface area contributed by atoms with Crippen molar-refractivity contribution in [3.05, 3.63) is 35.4 Å². The lowest BCUT2D eigenvalue weighted by atomic mass is 10.1. The number of ether oxygens (including phenoxy) is 1. The molecular formula is C18H25N3O4. The number of aryl methyl sites for hydroxylation is 1. The number of hydrogen-bond acceptors (Lipinski definition) is 4. The van der Waals surface area contributed by atoms with Crippen LogP contribution < -0.4 is 5.32 Å². The fourth-order valence-electron chi connectivity index (χ4n) is 2.67. The molecule has 0 unspecified atom stereocenters. The summed E-state index contributed by atoms with van der Waals surface area (Å²) in [5, 5.41) is 2.78. The van der Waals surface area contributed by atoms with Gasteiger partial charge in [0.25, 0.3) is 0 Å². The lowest BCUT2D eigenvalue weighted by Crippen LogP contribution is -2.51. The molecule has 1 aromatic rings. The molecule has 2 rings (SSSR count). The van der Waals surface area contributed by atoms with Gasteiger partial charge in [0.1, 0.15) is 6.42 Å². The molecule has 25 heavy (non-hydrogen) atoms. The zero-order valence-corrected chi connectivity index (χ0v) is 14.8. The van der Waals surface area contributed by atoms with Crippen LogP contribution in [0.2, 0.25) is 0 Å². The Hall–Kier alpha value is -2.57. The van der Waals surface area contributed by atoms with Crippen LogP contribution in [0.1, 0.15) is 24.5 Å². The lowest BCUT2D eigenvalue weighted by Gasteiger charge is -2.34. The van der Waals surface area contributed by atoms with E-state index >= 15 is 0 Å². The molecule has 7 nitrogen and oxygen atoms in total. The van der Waals surface area contributed by atoms with Crippen molar-refractivity contribution in [3.63, 3.8) is 0 Å². The van der Waals surface area contributed by atoms with Gasteiger partial charge in [-0.15, -0.1) is 0 Å². The Kier molecular flexibility index (Phi) is 6.80. The molecule has 0 radical (unpaired) electrons. The summed E-state index contributed by atoms with van der Waals surface area (Å²) >= 11 is 0. The normalized spacial score (nSPS) is 14.2. The number of rotatable bonds is 5. The van der Waals surface area contributed by atoms with Crippen LogP contribution in [0.15, 0.2) is 24.3 Å². The summed E-state index contributed by atoms with van der Waals surface area (Å²) in [6, 6.07) is 7.80. The molecule has 1 aliphatic heterocycles. The zero-order valence-electron chi connectivity index (χ0n) is 14.8. The highest BCUT2D eigenvalue weighted by molar-refractivity contribution is 5.96. The molecule has 0 atom stereocenters. The second-order valence-corrected chi connectivity index (χ2v) is 5.95. The largest absolute Gasteiger partial charge is 0.450 e. The van der Waals surface area contributed by atoms with E-state index in [4.69, 9.17) is 4.74 Å². The Balaban J connectivity index is 1.74. The maximum atomic E-state index is 12.2. The first-order valence-electron chi connectivity index (χ1n) is 8.52. The van der Waals surface area contributed by atoms with Crippen LogP contribution >= 0.6 is 0 Å². The summed E-state index contributed by atoms with van der Waals surface area (Å²) in [7, 11) is 0. The van der Waals surface area contributed by atoms with E-state index in [9.17, 15) is 14.4 Å². The predicted octanol–water partition coefficient (Wildman–Crippen LogP) is 1.30. The highest BCUT2D eigenvalue weighted by atomic mass is 16.6. The Morgan fingerprint density at radius 1 is 1.08 bits per heavy atom. The monoisotopic (exact) mass is 347 g/mol. The summed E-state index contributed by atoms with van der Waals surface area (Å²) < 4.78 is 4.94. The van der Waals surface area contributed by atoms with Crippen molar-refractivity contribution in [1.82, 2.24) is 15.1 Å². The maximum Gasteiger partial charge on any atom is 0.409 e. The van der Waals surface area contributed by atoms with Gasteiger partial charge >= 0.3 is 6.09 Å². The fourth-order valence-corrected chi connectivity index (χ4v) is 2.67. The van der Waals surface area contributed by atoms with E-state index in [-0.39, 0.29) is 24.3 Å². The molecular weight excluding hydrogens is 322 g/mol. The molecule has 0 bridgehead atoms. The van der Waals surface area contributed by atoms with Crippen LogP contribution in [-0.2, 0) is 20.9 Å². The van der Waals surface area contributed by atoms with Crippen molar-refractivity contribution in [2.75, 3.05) is 32.8 Å². The molecule has 1 aromatic carbocycles. The van der Waals surface area contributed by atoms with E-state index in [2.05, 4.69) is 5.32 Å². The SMILES string of the molecule is CCOC(=O)N1CCN(C(=O)CC(=O)NCc2ccccc2C)CC1. The molecule has 0 saturated carbocycles. The molecule has 0 aromatic heterocycles. The van der Waals surface area contributed by atoms with E-state index in [0.717, 1.165) is 11.1 Å². The average Bonchev–Trinajstić information content (AvgIpc) is 2.61. The third-order valence-corrected chi connectivity index (χ3v) is 4.21. The number of hydrogen-bond donors (Lipinski definition) is 1. The molecule has 1 heterocycles. The summed E-state index contributed by atoms with van der Waals surface area (Å²) in [5.74, 6) is -0.508. The minimum Gasteiger partial charge on any atom is -0.450 e. The van der Waals surface area contributed by atoms with Gasteiger partial charge in [0.2, 0.25) is 11.8 Å². The van der Waals surface area contributed by atoms with Crippen molar-refractivity contribution in [2.45, 2.75) is 26.8 Å². The van der Waals surface area contributed by atoms with Crippen molar-refractivity contribution < 1.29 is 19.1 Å². The van der Waals surface area contributed by atoms with Gasteiger partial charge in [-0.05, 0) is 25.0 Å². The summed E-state index contributed by atoms with van der Waals surface area (Å²) in [4.78, 5) is 39.0. The first-order chi connectivity index (χ1) is 12.0. The molecule has 1 N–H and O–H groups in total. The fraction of sp³-hybridized carbons (Fsp3) is 0.500. The van der Waals surface area contributed by atoms with Gasteiger partial charge in [-0.2, -0.15) is 0 Å². The molecule has 1 fully saturated rings. The summed E-state index contributed by atoms with van der Waals surface area (Å²) in [5.41, 5.74) is 2.13. The molecule has 1 aliphatic rings. The third-order valence-electron chi connectivity index (χ3n) is 4.21. The minimum absolute atomic E-state index is 0.175. The average molecular weight is 347 g/mol. The Labute approximate surface area is 147 Å². The van der Waals surface area contributed by atoms with E-state index in [0.29, 0.717) is 39.3 Å². The smallest absolute Gasteiger partial charge is 0.409 e. The van der Waals surface area contributed by atoms with Crippen LogP contribution in [-0.4, -0.2) is 60.5 Å². The molecule has 1 saturated heterocycles. The number of nitrogens with one attached hydrogen (secondary N) is 1. The van der Waals surface area contributed by atoms with E-state index < -0.39 is 0 Å². The van der Waals surface area contributed by atoms with Crippen molar-refractivity contribution >= 4 is 17.9 Å². The Morgan fingerprint density at radius 2 is 1.72 bits per heavy atom. The Morgan fingerprint density at radius 3 is 2.36 bits per heavy atom. The lowest BCUT2D eigenvalue weighted by molar-refractivity contribution is -0.137. The van der Waals surface area contributed by atoms with Gasteiger partial charge in [0.05, 0.1) is 6.61 Å². The highest BCUT2D eigenvalue weighted by Gasteiger charge is 2.25. The molecule has 7 heteroatoms. The second-order valence-electron chi connectivity index (χ2n) is 5.95. The van der Waals surface area contributed by atoms with Gasteiger partial charge in [0, 0.05) is 32.7 Å². The topological polar surface area (TPSA) is 79.0 Å². The minimum atomic E-state index is -0.356. The van der Waals surface area contributed by atoms with E-state index in [1.165, 1.54) is 0 Å². The van der Waals surface area contributed by atoms with Gasteiger partial charge in [-0.25, -0.2) is 4.79 Å². The molecule has 0 spiro atoms. The highest BCUT2D eigenvalue weighted by Crippen LogP contribution is 2.08. The number of amides is 3. The second kappa shape index (κ2) is 9.05. The van der Waals surface area contributed by atoms with E-state index in [1.807, 2.05) is 31.2 Å². The van der Waals surface area contributed by atoms with E-state index in [1.54, 1.807) is 16.7 Å². The van der Waals surface area contributed by atoms with Crippen LogP contribution in [0, 0.1) is 6.92 Å².